The van der Waals surface area contributed by atoms with Gasteiger partial charge in [0.25, 0.3) is 0 Å². The lowest BCUT2D eigenvalue weighted by atomic mass is 9.40. The standard InChI is InChI=1S/C24H38O8/c1-8-21(5)12-16(26)24(29)22(6,32-21)10-14(25)18-20(3,4)11-15(19(28)23(18,24)7)31-17(27)13-30-9-2/h8,14-15,18-19,25,28-29H,1,9-13H2,2-7H3/t14-,15?,18+,19+,21+,22-,23-,24-/m1/s1. The molecule has 8 nitrogen and oxygen atoms in total. The van der Waals surface area contributed by atoms with E-state index in [1.807, 2.05) is 13.8 Å². The number of esters is 1. The van der Waals surface area contributed by atoms with Crippen LogP contribution in [0.1, 0.15) is 60.8 Å². The number of aliphatic hydroxyl groups excluding tert-OH is 2. The number of carbonyl (C=O) groups is 2. The Bertz CT molecular complexity index is 795. The smallest absolute Gasteiger partial charge is 0.332 e. The van der Waals surface area contributed by atoms with E-state index < -0.39 is 63.6 Å². The van der Waals surface area contributed by atoms with E-state index in [1.165, 1.54) is 6.08 Å². The quantitative estimate of drug-likeness (QED) is 0.422. The van der Waals surface area contributed by atoms with Crippen LogP contribution in [0, 0.1) is 16.7 Å². The summed E-state index contributed by atoms with van der Waals surface area (Å²) >= 11 is 0. The number of carbonyl (C=O) groups excluding carboxylic acids is 2. The first-order valence-electron chi connectivity index (χ1n) is 11.3. The maximum Gasteiger partial charge on any atom is 0.332 e. The van der Waals surface area contributed by atoms with Gasteiger partial charge < -0.3 is 29.5 Å². The van der Waals surface area contributed by atoms with Gasteiger partial charge in [-0.15, -0.1) is 6.58 Å². The monoisotopic (exact) mass is 454 g/mol. The van der Waals surface area contributed by atoms with Crippen LogP contribution in [0.2, 0.25) is 0 Å². The van der Waals surface area contributed by atoms with Crippen molar-refractivity contribution in [1.29, 1.82) is 0 Å². The topological polar surface area (TPSA) is 123 Å². The van der Waals surface area contributed by atoms with Gasteiger partial charge in [0.1, 0.15) is 18.3 Å². The summed E-state index contributed by atoms with van der Waals surface area (Å²) in [6.07, 6.45) is -1.68. The Morgan fingerprint density at radius 2 is 1.84 bits per heavy atom. The summed E-state index contributed by atoms with van der Waals surface area (Å²) in [4.78, 5) is 25.9. The van der Waals surface area contributed by atoms with Gasteiger partial charge in [-0.05, 0) is 32.6 Å². The molecule has 0 aromatic heterocycles. The number of ketones is 1. The van der Waals surface area contributed by atoms with Crippen LogP contribution in [0.5, 0.6) is 0 Å². The third-order valence-corrected chi connectivity index (χ3v) is 8.22. The molecule has 8 atom stereocenters. The van der Waals surface area contributed by atoms with Gasteiger partial charge in [-0.2, -0.15) is 0 Å². The van der Waals surface area contributed by atoms with E-state index in [-0.39, 0.29) is 25.9 Å². The lowest BCUT2D eigenvalue weighted by Crippen LogP contribution is -2.83. The highest BCUT2D eigenvalue weighted by molar-refractivity contribution is 5.92. The molecule has 1 aliphatic heterocycles. The molecule has 0 radical (unpaired) electrons. The Morgan fingerprint density at radius 1 is 1.22 bits per heavy atom. The summed E-state index contributed by atoms with van der Waals surface area (Å²) in [6.45, 7) is 14.3. The number of aliphatic hydroxyl groups is 3. The third-order valence-electron chi connectivity index (χ3n) is 8.22. The Labute approximate surface area is 189 Å². The van der Waals surface area contributed by atoms with Crippen molar-refractivity contribution in [2.75, 3.05) is 13.2 Å². The van der Waals surface area contributed by atoms with Gasteiger partial charge in [-0.3, -0.25) is 4.79 Å². The van der Waals surface area contributed by atoms with Crippen LogP contribution in [-0.4, -0.2) is 75.4 Å². The van der Waals surface area contributed by atoms with Crippen LogP contribution in [0.15, 0.2) is 12.7 Å². The van der Waals surface area contributed by atoms with Gasteiger partial charge in [0.05, 0.1) is 17.8 Å². The highest BCUT2D eigenvalue weighted by atomic mass is 16.6. The van der Waals surface area contributed by atoms with Gasteiger partial charge >= 0.3 is 5.97 Å². The summed E-state index contributed by atoms with van der Waals surface area (Å²) in [6, 6.07) is 0. The normalized spacial score (nSPS) is 47.8. The molecule has 32 heavy (non-hydrogen) atoms. The maximum absolute atomic E-state index is 13.6. The zero-order valence-electron chi connectivity index (χ0n) is 20.0. The molecule has 0 amide bonds. The fourth-order valence-electron chi connectivity index (χ4n) is 7.05. The van der Waals surface area contributed by atoms with Gasteiger partial charge in [0.2, 0.25) is 0 Å². The second-order valence-corrected chi connectivity index (χ2v) is 11.0. The van der Waals surface area contributed by atoms with Crippen LogP contribution >= 0.6 is 0 Å². The van der Waals surface area contributed by atoms with Crippen molar-refractivity contribution in [2.45, 2.75) is 95.9 Å². The number of hydrogen-bond donors (Lipinski definition) is 3. The number of ether oxygens (including phenoxy) is 3. The summed E-state index contributed by atoms with van der Waals surface area (Å²) in [5.74, 6) is -1.76. The summed E-state index contributed by atoms with van der Waals surface area (Å²) in [5.41, 5.74) is -6.82. The largest absolute Gasteiger partial charge is 0.458 e. The Morgan fingerprint density at radius 3 is 2.41 bits per heavy atom. The van der Waals surface area contributed by atoms with Crippen molar-refractivity contribution in [3.8, 4) is 0 Å². The fourth-order valence-corrected chi connectivity index (χ4v) is 7.05. The average Bonchev–Trinajstić information content (AvgIpc) is 2.66. The highest BCUT2D eigenvalue weighted by Gasteiger charge is 2.79. The predicted molar refractivity (Wildman–Crippen MR) is 116 cm³/mol. The molecule has 1 unspecified atom stereocenters. The number of hydrogen-bond acceptors (Lipinski definition) is 8. The molecular weight excluding hydrogens is 416 g/mol. The molecule has 0 spiro atoms. The summed E-state index contributed by atoms with van der Waals surface area (Å²) < 4.78 is 17.0. The molecular formula is C24H38O8. The third kappa shape index (κ3) is 3.38. The van der Waals surface area contributed by atoms with E-state index in [4.69, 9.17) is 14.2 Å². The van der Waals surface area contributed by atoms with Crippen molar-refractivity contribution in [1.82, 2.24) is 0 Å². The number of rotatable bonds is 5. The molecule has 0 aromatic carbocycles. The van der Waals surface area contributed by atoms with Gasteiger partial charge in [0.15, 0.2) is 11.4 Å². The zero-order chi connectivity index (χ0) is 24.3. The second kappa shape index (κ2) is 7.87. The van der Waals surface area contributed by atoms with Crippen LogP contribution in [-0.2, 0) is 23.8 Å². The molecule has 8 heteroatoms. The van der Waals surface area contributed by atoms with Gasteiger partial charge in [-0.1, -0.05) is 26.8 Å². The van der Waals surface area contributed by atoms with Crippen molar-refractivity contribution < 1.29 is 39.1 Å². The zero-order valence-corrected chi connectivity index (χ0v) is 20.0. The van der Waals surface area contributed by atoms with E-state index in [0.717, 1.165) is 0 Å². The lowest BCUT2D eigenvalue weighted by Gasteiger charge is -2.70. The first kappa shape index (κ1) is 25.3. The maximum atomic E-state index is 13.6. The first-order chi connectivity index (χ1) is 14.6. The number of fused-ring (bicyclic) bond motifs is 3. The molecule has 182 valence electrons. The second-order valence-electron chi connectivity index (χ2n) is 11.0. The predicted octanol–water partition coefficient (Wildman–Crippen LogP) is 1.54. The SMILES string of the molecule is C=C[C@@]1(C)CC(=O)[C@]2(O)[C@@]3(C)[C@@H](O)C(OC(=O)COCC)CC(C)(C)[C@@H]3[C@H](O)C[C@@]2(C)O1. The molecule has 1 heterocycles. The van der Waals surface area contributed by atoms with Crippen molar-refractivity contribution in [3.05, 3.63) is 12.7 Å². The van der Waals surface area contributed by atoms with E-state index in [1.54, 1.807) is 27.7 Å². The summed E-state index contributed by atoms with van der Waals surface area (Å²) in [7, 11) is 0. The fraction of sp³-hybridized carbons (Fsp3) is 0.833. The Kier molecular flexibility index (Phi) is 6.23. The van der Waals surface area contributed by atoms with Crippen molar-refractivity contribution in [3.63, 3.8) is 0 Å². The van der Waals surface area contributed by atoms with E-state index in [0.29, 0.717) is 6.61 Å². The summed E-state index contributed by atoms with van der Waals surface area (Å²) in [5, 5.41) is 35.0. The van der Waals surface area contributed by atoms with Crippen LogP contribution in [0.3, 0.4) is 0 Å². The molecule has 2 aliphatic carbocycles. The molecule has 3 rings (SSSR count). The van der Waals surface area contributed by atoms with E-state index in [2.05, 4.69) is 6.58 Å². The minimum atomic E-state index is -2.12. The molecule has 3 N–H and O–H groups in total. The van der Waals surface area contributed by atoms with Crippen LogP contribution in [0.4, 0.5) is 0 Å². The van der Waals surface area contributed by atoms with Gasteiger partial charge in [-0.25, -0.2) is 4.79 Å². The average molecular weight is 455 g/mol. The van der Waals surface area contributed by atoms with Crippen molar-refractivity contribution >= 4 is 11.8 Å². The van der Waals surface area contributed by atoms with E-state index >= 15 is 0 Å². The van der Waals surface area contributed by atoms with Gasteiger partial charge in [0, 0.05) is 30.8 Å². The molecule has 0 bridgehead atoms. The molecule has 2 saturated carbocycles. The lowest BCUT2D eigenvalue weighted by molar-refractivity contribution is -0.350. The minimum Gasteiger partial charge on any atom is -0.458 e. The van der Waals surface area contributed by atoms with Crippen LogP contribution < -0.4 is 0 Å². The van der Waals surface area contributed by atoms with E-state index in [9.17, 15) is 24.9 Å². The number of Topliss-reactive ketones (excluding diaryl/α,β-unsaturated/α-hetero) is 1. The Balaban J connectivity index is 2.11. The molecule has 0 aromatic rings. The Hall–Kier alpha value is -1.32. The first-order valence-corrected chi connectivity index (χ1v) is 11.3. The molecule has 1 saturated heterocycles. The van der Waals surface area contributed by atoms with Crippen LogP contribution in [0.25, 0.3) is 0 Å². The highest BCUT2D eigenvalue weighted by Crippen LogP contribution is 2.66. The minimum absolute atomic E-state index is 0.0177. The van der Waals surface area contributed by atoms with Crippen molar-refractivity contribution in [2.24, 2.45) is 16.7 Å². The molecule has 3 aliphatic rings. The molecule has 3 fully saturated rings.